The van der Waals surface area contributed by atoms with Crippen molar-refractivity contribution in [3.8, 4) is 5.75 Å². The quantitative estimate of drug-likeness (QED) is 0.180. The minimum Gasteiger partial charge on any atom is -0.494 e. The highest BCUT2D eigenvalue weighted by atomic mass is 16.5. The first kappa shape index (κ1) is 31.5. The zero-order valence-electron chi connectivity index (χ0n) is 24.0. The van der Waals surface area contributed by atoms with Crippen LogP contribution in [-0.2, 0) is 14.4 Å². The molecule has 1 aromatic carbocycles. The van der Waals surface area contributed by atoms with E-state index in [1.165, 1.54) is 0 Å². The molecule has 2 heterocycles. The minimum absolute atomic E-state index is 0.0525. The second-order valence-corrected chi connectivity index (χ2v) is 11.4. The molecule has 3 amide bonds. The van der Waals surface area contributed by atoms with Gasteiger partial charge in [-0.15, -0.1) is 0 Å². The van der Waals surface area contributed by atoms with Crippen molar-refractivity contribution in [2.24, 2.45) is 17.8 Å². The second kappa shape index (κ2) is 16.3. The lowest BCUT2D eigenvalue weighted by atomic mass is 9.92. The van der Waals surface area contributed by atoms with Crippen LogP contribution in [-0.4, -0.2) is 78.0 Å². The predicted octanol–water partition coefficient (Wildman–Crippen LogP) is 3.47. The van der Waals surface area contributed by atoms with Crippen LogP contribution in [0.5, 0.6) is 5.75 Å². The summed E-state index contributed by atoms with van der Waals surface area (Å²) >= 11 is 0. The lowest BCUT2D eigenvalue weighted by Crippen LogP contribution is -2.53. The van der Waals surface area contributed by atoms with Crippen LogP contribution in [0.4, 0.5) is 0 Å². The number of nitrogens with zero attached hydrogens (tertiary/aromatic N) is 2. The van der Waals surface area contributed by atoms with Gasteiger partial charge in [-0.25, -0.2) is 10.4 Å². The Labute approximate surface area is 237 Å². The van der Waals surface area contributed by atoms with E-state index in [1.807, 2.05) is 0 Å². The molecule has 2 saturated heterocycles. The van der Waals surface area contributed by atoms with Crippen molar-refractivity contribution in [2.45, 2.75) is 71.6 Å². The van der Waals surface area contributed by atoms with Gasteiger partial charge in [-0.2, -0.15) is 0 Å². The monoisotopic (exact) mass is 558 g/mol. The maximum Gasteiger partial charge on any atom is 0.304 e. The van der Waals surface area contributed by atoms with Crippen molar-refractivity contribution >= 4 is 23.7 Å². The summed E-state index contributed by atoms with van der Waals surface area (Å²) in [6, 6.07) is 6.62. The van der Waals surface area contributed by atoms with Gasteiger partial charge >= 0.3 is 5.97 Å². The Morgan fingerprint density at radius 1 is 1.10 bits per heavy atom. The number of carbonyl (C=O) groups excluding carboxylic acids is 3. The standard InChI is InChI=1S/C30H46N4O6/c1-22(2)5-4-20-40-26-10-8-24(9-11-26)29(38)34(32-18-15-28(36)37)30(39)25-6-3-19-33(21-25)27(35)12-7-23-13-16-31-17-14-23/h8-11,22-23,25,31-32H,3-7,12-21H2,1-2H3,(H,36,37)/t25-/m1/s1. The molecule has 3 N–H and O–H groups in total. The summed E-state index contributed by atoms with van der Waals surface area (Å²) < 4.78 is 5.76. The fourth-order valence-electron chi connectivity index (χ4n) is 5.27. The van der Waals surface area contributed by atoms with E-state index >= 15 is 0 Å². The Balaban J connectivity index is 1.61. The van der Waals surface area contributed by atoms with Gasteiger partial charge in [0.05, 0.1) is 18.9 Å². The summed E-state index contributed by atoms with van der Waals surface area (Å²) in [6.07, 6.45) is 6.49. The number of benzene rings is 1. The number of aliphatic carboxylic acids is 1. The molecule has 2 aliphatic rings. The van der Waals surface area contributed by atoms with Crippen LogP contribution in [0.15, 0.2) is 24.3 Å². The topological polar surface area (TPSA) is 128 Å². The molecule has 2 aliphatic heterocycles. The number of nitrogens with one attached hydrogen (secondary N) is 2. The molecule has 0 saturated carbocycles. The highest BCUT2D eigenvalue weighted by Crippen LogP contribution is 2.23. The number of imide groups is 1. The average Bonchev–Trinajstić information content (AvgIpc) is 2.96. The summed E-state index contributed by atoms with van der Waals surface area (Å²) in [5.41, 5.74) is 3.03. The number of hydrogen-bond acceptors (Lipinski definition) is 7. The van der Waals surface area contributed by atoms with Crippen LogP contribution in [0.3, 0.4) is 0 Å². The molecule has 0 unspecified atom stereocenters. The smallest absolute Gasteiger partial charge is 0.304 e. The van der Waals surface area contributed by atoms with Gasteiger partial charge in [0.25, 0.3) is 5.91 Å². The van der Waals surface area contributed by atoms with Crippen LogP contribution >= 0.6 is 0 Å². The van der Waals surface area contributed by atoms with Gasteiger partial charge in [0.2, 0.25) is 11.8 Å². The summed E-state index contributed by atoms with van der Waals surface area (Å²) in [5.74, 6) is -0.725. The average molecular weight is 559 g/mol. The highest BCUT2D eigenvalue weighted by Gasteiger charge is 2.34. The molecule has 10 heteroatoms. The van der Waals surface area contributed by atoms with E-state index in [-0.39, 0.29) is 31.0 Å². The molecular weight excluding hydrogens is 512 g/mol. The van der Waals surface area contributed by atoms with Crippen molar-refractivity contribution in [1.29, 1.82) is 0 Å². The molecule has 40 heavy (non-hydrogen) atoms. The number of amides is 3. The third-order valence-corrected chi connectivity index (χ3v) is 7.68. The molecule has 1 aromatic rings. The first-order valence-electron chi connectivity index (χ1n) is 14.8. The fourth-order valence-corrected chi connectivity index (χ4v) is 5.27. The first-order valence-corrected chi connectivity index (χ1v) is 14.8. The first-order chi connectivity index (χ1) is 19.2. The molecule has 0 spiro atoms. The maximum absolute atomic E-state index is 13.6. The molecule has 10 nitrogen and oxygen atoms in total. The van der Waals surface area contributed by atoms with Crippen molar-refractivity contribution in [2.75, 3.05) is 39.3 Å². The highest BCUT2D eigenvalue weighted by molar-refractivity contribution is 6.05. The number of ether oxygens (including phenoxy) is 1. The van der Waals surface area contributed by atoms with Crippen LogP contribution in [0.2, 0.25) is 0 Å². The number of likely N-dealkylation sites (tertiary alicyclic amines) is 1. The number of hydrogen-bond donors (Lipinski definition) is 3. The van der Waals surface area contributed by atoms with Gasteiger partial charge in [-0.1, -0.05) is 13.8 Å². The second-order valence-electron chi connectivity index (χ2n) is 11.4. The zero-order valence-corrected chi connectivity index (χ0v) is 24.0. The Kier molecular flexibility index (Phi) is 12.9. The van der Waals surface area contributed by atoms with Gasteiger partial charge in [-0.05, 0) is 94.1 Å². The number of piperidine rings is 2. The minimum atomic E-state index is -1.03. The Bertz CT molecular complexity index is 977. The van der Waals surface area contributed by atoms with E-state index in [4.69, 9.17) is 9.84 Å². The van der Waals surface area contributed by atoms with Gasteiger partial charge in [-0.3, -0.25) is 19.2 Å². The molecule has 222 valence electrons. The Hall–Kier alpha value is -2.98. The maximum atomic E-state index is 13.6. The van der Waals surface area contributed by atoms with Crippen LogP contribution in [0.1, 0.15) is 82.0 Å². The largest absolute Gasteiger partial charge is 0.494 e. The Morgan fingerprint density at radius 2 is 1.82 bits per heavy atom. The van der Waals surface area contributed by atoms with E-state index in [9.17, 15) is 19.2 Å². The van der Waals surface area contributed by atoms with Gasteiger partial charge in [0, 0.05) is 31.6 Å². The van der Waals surface area contributed by atoms with Gasteiger partial charge in [0.1, 0.15) is 5.75 Å². The van der Waals surface area contributed by atoms with Crippen LogP contribution in [0, 0.1) is 17.8 Å². The molecular formula is C30H46N4O6. The summed E-state index contributed by atoms with van der Waals surface area (Å²) in [4.78, 5) is 52.8. The van der Waals surface area contributed by atoms with Crippen molar-refractivity contribution < 1.29 is 29.0 Å². The molecule has 1 atom stereocenters. The number of rotatable bonds is 14. The number of carboxylic acid groups (broad SMARTS) is 1. The zero-order chi connectivity index (χ0) is 28.9. The van der Waals surface area contributed by atoms with Crippen LogP contribution < -0.4 is 15.5 Å². The summed E-state index contributed by atoms with van der Waals surface area (Å²) in [5, 5.41) is 13.4. The molecule has 0 aliphatic carbocycles. The fraction of sp³-hybridized carbons (Fsp3) is 0.667. The molecule has 0 bridgehead atoms. The predicted molar refractivity (Wildman–Crippen MR) is 152 cm³/mol. The van der Waals surface area contributed by atoms with Gasteiger partial charge in [0.15, 0.2) is 0 Å². The van der Waals surface area contributed by atoms with Crippen molar-refractivity contribution in [3.05, 3.63) is 29.8 Å². The van der Waals surface area contributed by atoms with Crippen LogP contribution in [0.25, 0.3) is 0 Å². The summed E-state index contributed by atoms with van der Waals surface area (Å²) in [6.45, 7) is 7.69. The lowest BCUT2D eigenvalue weighted by Gasteiger charge is -2.35. The molecule has 0 radical (unpaired) electrons. The Morgan fingerprint density at radius 3 is 2.50 bits per heavy atom. The third kappa shape index (κ3) is 10.2. The normalized spacial score (nSPS) is 18.0. The van der Waals surface area contributed by atoms with E-state index < -0.39 is 23.7 Å². The third-order valence-electron chi connectivity index (χ3n) is 7.68. The van der Waals surface area contributed by atoms with E-state index in [0.717, 1.165) is 50.2 Å². The number of carbonyl (C=O) groups is 4. The number of carboxylic acids is 1. The lowest BCUT2D eigenvalue weighted by molar-refractivity contribution is -0.142. The van der Waals surface area contributed by atoms with E-state index in [2.05, 4.69) is 24.6 Å². The molecule has 3 rings (SSSR count). The SMILES string of the molecule is CC(C)CCCOc1ccc(C(=O)N(NCCC(=O)O)C(=O)[C@@H]2CCCN(C(=O)CCC3CCNCC3)C2)cc1. The van der Waals surface area contributed by atoms with Gasteiger partial charge < -0.3 is 20.1 Å². The van der Waals surface area contributed by atoms with E-state index in [0.29, 0.717) is 50.0 Å². The van der Waals surface area contributed by atoms with Crippen molar-refractivity contribution in [3.63, 3.8) is 0 Å². The summed E-state index contributed by atoms with van der Waals surface area (Å²) in [7, 11) is 0. The van der Waals surface area contributed by atoms with Crippen molar-refractivity contribution in [1.82, 2.24) is 20.7 Å². The number of hydrazine groups is 1. The molecule has 2 fully saturated rings. The molecule has 0 aromatic heterocycles. The van der Waals surface area contributed by atoms with E-state index in [1.54, 1.807) is 29.2 Å².